The molecule has 0 aliphatic heterocycles. The number of benzene rings is 1. The minimum absolute atomic E-state index is 0.0142. The Kier molecular flexibility index (Phi) is 4.69. The van der Waals surface area contributed by atoms with Crippen LogP contribution in [-0.2, 0) is 16.1 Å². The van der Waals surface area contributed by atoms with Crippen molar-refractivity contribution < 1.29 is 9.53 Å². The third-order valence-electron chi connectivity index (χ3n) is 9.66. The second-order valence-electron chi connectivity index (χ2n) is 10.8. The van der Waals surface area contributed by atoms with Gasteiger partial charge in [-0.15, -0.1) is 0 Å². The minimum atomic E-state index is 0.0142. The summed E-state index contributed by atoms with van der Waals surface area (Å²) in [6.45, 7) is 5.65. The van der Waals surface area contributed by atoms with Gasteiger partial charge in [0, 0.05) is 11.8 Å². The number of rotatable bonds is 3. The van der Waals surface area contributed by atoms with Crippen LogP contribution in [0.5, 0.6) is 0 Å². The van der Waals surface area contributed by atoms with Gasteiger partial charge in [-0.3, -0.25) is 4.79 Å². The van der Waals surface area contributed by atoms with Crippen molar-refractivity contribution in [2.75, 3.05) is 0 Å². The lowest BCUT2D eigenvalue weighted by atomic mass is 9.45. The van der Waals surface area contributed by atoms with Crippen molar-refractivity contribution in [2.45, 2.75) is 84.3 Å². The number of ketones is 1. The van der Waals surface area contributed by atoms with E-state index in [1.807, 2.05) is 0 Å². The first-order chi connectivity index (χ1) is 13.5. The van der Waals surface area contributed by atoms with Gasteiger partial charge in [0.05, 0.1) is 12.7 Å². The molecule has 5 rings (SSSR count). The van der Waals surface area contributed by atoms with Crippen LogP contribution < -0.4 is 0 Å². The minimum Gasteiger partial charge on any atom is -0.374 e. The number of Topliss-reactive ketones (excluding diaryl/α,β-unsaturated/α-hetero) is 1. The Balaban J connectivity index is 1.27. The molecule has 4 saturated carbocycles. The molecule has 0 spiro atoms. The maximum Gasteiger partial charge on any atom is 0.139 e. The number of ether oxygens (including phenoxy) is 1. The summed E-state index contributed by atoms with van der Waals surface area (Å²) in [7, 11) is 0. The Bertz CT molecular complexity index is 727. The molecule has 1 aromatic rings. The monoisotopic (exact) mass is 380 g/mol. The van der Waals surface area contributed by atoms with Gasteiger partial charge >= 0.3 is 0 Å². The normalized spacial score (nSPS) is 45.2. The van der Waals surface area contributed by atoms with Crippen molar-refractivity contribution in [3.05, 3.63) is 35.9 Å². The molecule has 0 N–H and O–H groups in total. The van der Waals surface area contributed by atoms with Crippen molar-refractivity contribution in [1.82, 2.24) is 0 Å². The highest BCUT2D eigenvalue weighted by Crippen LogP contribution is 2.65. The fourth-order valence-electron chi connectivity index (χ4n) is 7.93. The number of carbonyl (C=O) groups excluding carboxylic acids is 1. The van der Waals surface area contributed by atoms with E-state index in [4.69, 9.17) is 4.74 Å². The molecule has 0 saturated heterocycles. The Hall–Kier alpha value is -1.15. The van der Waals surface area contributed by atoms with Gasteiger partial charge in [0.1, 0.15) is 5.78 Å². The average molecular weight is 381 g/mol. The third kappa shape index (κ3) is 2.90. The van der Waals surface area contributed by atoms with Crippen LogP contribution >= 0.6 is 0 Å². The predicted octanol–water partition coefficient (Wildman–Crippen LogP) is 6.18. The quantitative estimate of drug-likeness (QED) is 0.625. The van der Waals surface area contributed by atoms with E-state index in [0.29, 0.717) is 23.2 Å². The van der Waals surface area contributed by atoms with Gasteiger partial charge in [0.2, 0.25) is 0 Å². The second-order valence-corrected chi connectivity index (χ2v) is 10.8. The summed E-state index contributed by atoms with van der Waals surface area (Å²) >= 11 is 0. The molecule has 4 aliphatic rings. The largest absolute Gasteiger partial charge is 0.374 e. The average Bonchev–Trinajstić information content (AvgIpc) is 3.02. The van der Waals surface area contributed by atoms with Crippen LogP contribution in [0.1, 0.15) is 77.2 Å². The fourth-order valence-corrected chi connectivity index (χ4v) is 7.93. The Morgan fingerprint density at radius 1 is 0.964 bits per heavy atom. The highest BCUT2D eigenvalue weighted by atomic mass is 16.5. The van der Waals surface area contributed by atoms with Gasteiger partial charge in [-0.2, -0.15) is 0 Å². The van der Waals surface area contributed by atoms with Crippen molar-refractivity contribution in [3.8, 4) is 0 Å². The summed E-state index contributed by atoms with van der Waals surface area (Å²) in [5.41, 5.74) is 1.78. The van der Waals surface area contributed by atoms with E-state index < -0.39 is 0 Å². The van der Waals surface area contributed by atoms with Crippen molar-refractivity contribution in [2.24, 2.45) is 34.5 Å². The summed E-state index contributed by atoms with van der Waals surface area (Å²) in [6, 6.07) is 10.6. The molecule has 152 valence electrons. The number of hydrogen-bond acceptors (Lipinski definition) is 2. The molecule has 7 atom stereocenters. The molecule has 2 heteroatoms. The standard InChI is InChI=1S/C26H36O2/c1-25-14-12-20(28-17-18-6-4-3-5-7-18)16-19(25)8-9-21-22-10-11-24(27)26(22,2)15-13-23(21)25/h3-7,19-23H,8-17H2,1-2H3. The van der Waals surface area contributed by atoms with E-state index in [0.717, 1.165) is 37.2 Å². The number of carbonyl (C=O) groups is 1. The van der Waals surface area contributed by atoms with Crippen molar-refractivity contribution in [3.63, 3.8) is 0 Å². The predicted molar refractivity (Wildman–Crippen MR) is 112 cm³/mol. The molecule has 1 aromatic carbocycles. The molecular formula is C26H36O2. The smallest absolute Gasteiger partial charge is 0.139 e. The van der Waals surface area contributed by atoms with Gasteiger partial charge in [-0.05, 0) is 86.0 Å². The lowest BCUT2D eigenvalue weighted by Crippen LogP contribution is -2.54. The molecule has 0 radical (unpaired) electrons. The van der Waals surface area contributed by atoms with Crippen LogP contribution in [0.4, 0.5) is 0 Å². The summed E-state index contributed by atoms with van der Waals surface area (Å²) in [6.07, 6.45) is 11.3. The molecule has 0 heterocycles. The fraction of sp³-hybridized carbons (Fsp3) is 0.731. The van der Waals surface area contributed by atoms with Crippen molar-refractivity contribution in [1.29, 1.82) is 0 Å². The zero-order chi connectivity index (χ0) is 19.4. The maximum atomic E-state index is 12.6. The van der Waals surface area contributed by atoms with Crippen LogP contribution in [0.2, 0.25) is 0 Å². The van der Waals surface area contributed by atoms with E-state index in [9.17, 15) is 4.79 Å². The summed E-state index contributed by atoms with van der Waals surface area (Å²) in [5.74, 6) is 3.69. The Labute approximate surface area is 170 Å². The molecule has 0 aromatic heterocycles. The van der Waals surface area contributed by atoms with Crippen LogP contribution in [0.15, 0.2) is 30.3 Å². The van der Waals surface area contributed by atoms with Gasteiger partial charge in [0.15, 0.2) is 0 Å². The Morgan fingerprint density at radius 2 is 1.79 bits per heavy atom. The summed E-state index contributed by atoms with van der Waals surface area (Å²) in [5, 5.41) is 0. The zero-order valence-corrected chi connectivity index (χ0v) is 17.7. The maximum absolute atomic E-state index is 12.6. The SMILES string of the molecule is CC12CCC3C(CCC4CC(OCc5ccccc5)CCC43C)C1CCC2=O. The Morgan fingerprint density at radius 3 is 2.61 bits per heavy atom. The topological polar surface area (TPSA) is 26.3 Å². The van der Waals surface area contributed by atoms with E-state index in [1.165, 1.54) is 50.5 Å². The van der Waals surface area contributed by atoms with E-state index >= 15 is 0 Å². The van der Waals surface area contributed by atoms with Crippen LogP contribution in [0.3, 0.4) is 0 Å². The molecule has 0 bridgehead atoms. The van der Waals surface area contributed by atoms with E-state index in [2.05, 4.69) is 44.2 Å². The first-order valence-electron chi connectivity index (χ1n) is 11.7. The lowest BCUT2D eigenvalue weighted by Gasteiger charge is -2.60. The lowest BCUT2D eigenvalue weighted by molar-refractivity contribution is -0.145. The molecule has 2 nitrogen and oxygen atoms in total. The number of hydrogen-bond donors (Lipinski definition) is 0. The van der Waals surface area contributed by atoms with Crippen LogP contribution in [-0.4, -0.2) is 11.9 Å². The van der Waals surface area contributed by atoms with Gasteiger partial charge < -0.3 is 4.74 Å². The molecule has 4 fully saturated rings. The van der Waals surface area contributed by atoms with Gasteiger partial charge in [-0.1, -0.05) is 44.2 Å². The van der Waals surface area contributed by atoms with Gasteiger partial charge in [-0.25, -0.2) is 0 Å². The highest BCUT2D eigenvalue weighted by Gasteiger charge is 2.60. The zero-order valence-electron chi connectivity index (χ0n) is 17.7. The molecule has 4 aliphatic carbocycles. The molecule has 0 amide bonds. The first-order valence-corrected chi connectivity index (χ1v) is 11.7. The third-order valence-corrected chi connectivity index (χ3v) is 9.66. The van der Waals surface area contributed by atoms with Gasteiger partial charge in [0.25, 0.3) is 0 Å². The summed E-state index contributed by atoms with van der Waals surface area (Å²) in [4.78, 5) is 12.6. The number of fused-ring (bicyclic) bond motifs is 5. The highest BCUT2D eigenvalue weighted by molar-refractivity contribution is 5.87. The second kappa shape index (κ2) is 6.97. The van der Waals surface area contributed by atoms with E-state index in [1.54, 1.807) is 0 Å². The van der Waals surface area contributed by atoms with Crippen LogP contribution in [0, 0.1) is 34.5 Å². The van der Waals surface area contributed by atoms with Crippen molar-refractivity contribution >= 4 is 5.78 Å². The summed E-state index contributed by atoms with van der Waals surface area (Å²) < 4.78 is 6.35. The molecule has 28 heavy (non-hydrogen) atoms. The molecule has 7 unspecified atom stereocenters. The van der Waals surface area contributed by atoms with Crippen LogP contribution in [0.25, 0.3) is 0 Å². The van der Waals surface area contributed by atoms with E-state index in [-0.39, 0.29) is 5.41 Å². The molecular weight excluding hydrogens is 344 g/mol. The first kappa shape index (κ1) is 18.9.